The molecule has 1 N–H and O–H groups in total. The lowest BCUT2D eigenvalue weighted by Gasteiger charge is -2.08. The number of Topliss-reactive ketones (excluding diaryl/α,β-unsaturated/α-hetero) is 1. The van der Waals surface area contributed by atoms with E-state index in [0.717, 1.165) is 16.6 Å². The Morgan fingerprint density at radius 1 is 1.03 bits per heavy atom. The smallest absolute Gasteiger partial charge is 0.299 e. The molecule has 0 bridgehead atoms. The van der Waals surface area contributed by atoms with Crippen LogP contribution in [0.15, 0.2) is 60.9 Å². The van der Waals surface area contributed by atoms with E-state index >= 15 is 0 Å². The molecule has 0 spiro atoms. The molecular weight excluding hydrogens is 423 g/mol. The summed E-state index contributed by atoms with van der Waals surface area (Å²) in [6.45, 7) is 2.34. The van der Waals surface area contributed by atoms with Crippen molar-refractivity contribution in [3.05, 3.63) is 87.8 Å². The average molecular weight is 439 g/mol. The van der Waals surface area contributed by atoms with Gasteiger partial charge in [-0.1, -0.05) is 47.0 Å². The molecule has 4 aromatic rings. The molecule has 0 fully saturated rings. The molecule has 0 aliphatic heterocycles. The van der Waals surface area contributed by atoms with Gasteiger partial charge in [-0.05, 0) is 42.8 Å². The van der Waals surface area contributed by atoms with Crippen LogP contribution in [-0.4, -0.2) is 26.2 Å². The van der Waals surface area contributed by atoms with Gasteiger partial charge in [-0.25, -0.2) is 9.97 Å². The molecule has 0 aliphatic carbocycles. The number of benzene rings is 2. The van der Waals surface area contributed by atoms with Gasteiger partial charge in [-0.2, -0.15) is 0 Å². The fourth-order valence-electron chi connectivity index (χ4n) is 3.22. The van der Waals surface area contributed by atoms with Crippen LogP contribution in [0.1, 0.15) is 21.5 Å². The lowest BCUT2D eigenvalue weighted by Crippen LogP contribution is -2.24. The van der Waals surface area contributed by atoms with Crippen LogP contribution >= 0.6 is 23.2 Å². The van der Waals surface area contributed by atoms with Gasteiger partial charge < -0.3 is 4.57 Å². The summed E-state index contributed by atoms with van der Waals surface area (Å²) in [6, 6.07) is 14.6. The number of anilines is 1. The summed E-state index contributed by atoms with van der Waals surface area (Å²) in [5, 5.41) is 3.86. The first-order valence-corrected chi connectivity index (χ1v) is 9.85. The van der Waals surface area contributed by atoms with Crippen LogP contribution in [0.3, 0.4) is 0 Å². The minimum absolute atomic E-state index is 0.0491. The van der Waals surface area contributed by atoms with E-state index in [0.29, 0.717) is 17.0 Å². The second kappa shape index (κ2) is 8.26. The molecule has 1 amide bonds. The number of nitrogens with zero attached hydrogens (tertiary/aromatic N) is 3. The summed E-state index contributed by atoms with van der Waals surface area (Å²) in [5.41, 5.74) is 2.81. The topological polar surface area (TPSA) is 76.9 Å². The van der Waals surface area contributed by atoms with Gasteiger partial charge in [0, 0.05) is 29.3 Å². The Labute approximate surface area is 182 Å². The maximum Gasteiger partial charge on any atom is 0.299 e. The van der Waals surface area contributed by atoms with Crippen LogP contribution in [-0.2, 0) is 11.3 Å². The van der Waals surface area contributed by atoms with Crippen molar-refractivity contribution in [1.82, 2.24) is 14.5 Å². The lowest BCUT2D eigenvalue weighted by atomic mass is 10.1. The summed E-state index contributed by atoms with van der Waals surface area (Å²) in [7, 11) is 0. The summed E-state index contributed by atoms with van der Waals surface area (Å²) < 4.78 is 1.80. The van der Waals surface area contributed by atoms with Crippen LogP contribution in [0.2, 0.25) is 10.2 Å². The standard InChI is InChI=1S/C22H16Cl2N4O2/c1-13-3-8-17-16(11-13)18(19(29)21(30)27-22-25-9-2-10-26-22)20(24)28(17)12-14-4-6-15(23)7-5-14/h2-11H,12H2,1H3,(H,25,26,27,30). The predicted molar refractivity (Wildman–Crippen MR) is 117 cm³/mol. The molecule has 8 heteroatoms. The average Bonchev–Trinajstić information content (AvgIpc) is 3.00. The minimum atomic E-state index is -0.852. The molecule has 0 radical (unpaired) electrons. The van der Waals surface area contributed by atoms with E-state index in [4.69, 9.17) is 23.2 Å². The number of halogens is 2. The van der Waals surface area contributed by atoms with Crippen molar-refractivity contribution >= 4 is 51.7 Å². The third-order valence-corrected chi connectivity index (χ3v) is 5.28. The number of hydrogen-bond donors (Lipinski definition) is 1. The highest BCUT2D eigenvalue weighted by Crippen LogP contribution is 2.32. The van der Waals surface area contributed by atoms with Crippen molar-refractivity contribution in [2.45, 2.75) is 13.5 Å². The zero-order valence-electron chi connectivity index (χ0n) is 15.9. The molecule has 2 heterocycles. The van der Waals surface area contributed by atoms with Gasteiger partial charge in [0.05, 0.1) is 11.1 Å². The van der Waals surface area contributed by atoms with Gasteiger partial charge in [0.2, 0.25) is 5.95 Å². The highest BCUT2D eigenvalue weighted by atomic mass is 35.5. The number of ketones is 1. The fourth-order valence-corrected chi connectivity index (χ4v) is 3.68. The third-order valence-electron chi connectivity index (χ3n) is 4.63. The Hall–Kier alpha value is -3.22. The molecule has 2 aromatic carbocycles. The zero-order valence-corrected chi connectivity index (χ0v) is 17.4. The van der Waals surface area contributed by atoms with Crippen LogP contribution in [0.5, 0.6) is 0 Å². The summed E-state index contributed by atoms with van der Waals surface area (Å²) in [5.74, 6) is -1.55. The largest absolute Gasteiger partial charge is 0.327 e. The molecule has 6 nitrogen and oxygen atoms in total. The van der Waals surface area contributed by atoms with E-state index < -0.39 is 11.7 Å². The SMILES string of the molecule is Cc1ccc2c(c1)c(C(=O)C(=O)Nc1ncccn1)c(Cl)n2Cc1ccc(Cl)cc1. The van der Waals surface area contributed by atoms with Gasteiger partial charge >= 0.3 is 0 Å². The Morgan fingerprint density at radius 3 is 2.43 bits per heavy atom. The van der Waals surface area contributed by atoms with Gasteiger partial charge in [0.25, 0.3) is 11.7 Å². The molecule has 0 atom stereocenters. The van der Waals surface area contributed by atoms with Gasteiger partial charge in [-0.15, -0.1) is 0 Å². The number of nitrogens with one attached hydrogen (secondary N) is 1. The Kier molecular flexibility index (Phi) is 5.53. The molecule has 150 valence electrons. The molecule has 0 saturated heterocycles. The van der Waals surface area contributed by atoms with Crippen molar-refractivity contribution in [2.75, 3.05) is 5.32 Å². The molecule has 0 saturated carbocycles. The highest BCUT2D eigenvalue weighted by molar-refractivity contribution is 6.51. The van der Waals surface area contributed by atoms with Crippen LogP contribution < -0.4 is 5.32 Å². The van der Waals surface area contributed by atoms with Gasteiger partial charge in [0.1, 0.15) is 5.15 Å². The van der Waals surface area contributed by atoms with Crippen LogP contribution in [0, 0.1) is 6.92 Å². The number of aryl methyl sites for hydroxylation is 1. The second-order valence-corrected chi connectivity index (χ2v) is 7.55. The number of carbonyl (C=O) groups is 2. The van der Waals surface area contributed by atoms with E-state index in [-0.39, 0.29) is 16.7 Å². The van der Waals surface area contributed by atoms with Crippen molar-refractivity contribution in [1.29, 1.82) is 0 Å². The van der Waals surface area contributed by atoms with Crippen molar-refractivity contribution in [3.63, 3.8) is 0 Å². The normalized spacial score (nSPS) is 10.9. The third kappa shape index (κ3) is 3.92. The van der Waals surface area contributed by atoms with Gasteiger partial charge in [0.15, 0.2) is 0 Å². The van der Waals surface area contributed by atoms with E-state index in [2.05, 4.69) is 15.3 Å². The molecule has 0 aliphatic rings. The van der Waals surface area contributed by atoms with Crippen LogP contribution in [0.25, 0.3) is 10.9 Å². The molecule has 30 heavy (non-hydrogen) atoms. The molecule has 0 unspecified atom stereocenters. The van der Waals surface area contributed by atoms with E-state index in [9.17, 15) is 9.59 Å². The molecule has 4 rings (SSSR count). The van der Waals surface area contributed by atoms with Gasteiger partial charge in [-0.3, -0.25) is 14.9 Å². The summed E-state index contributed by atoms with van der Waals surface area (Å²) >= 11 is 12.6. The first-order chi connectivity index (χ1) is 14.4. The molecule has 2 aromatic heterocycles. The first kappa shape index (κ1) is 20.1. The Morgan fingerprint density at radius 2 is 1.73 bits per heavy atom. The fraction of sp³-hybridized carbons (Fsp3) is 0.0909. The van der Waals surface area contributed by atoms with E-state index in [1.54, 1.807) is 22.8 Å². The minimum Gasteiger partial charge on any atom is -0.327 e. The predicted octanol–water partition coefficient (Wildman–Crippen LogP) is 4.92. The Balaban J connectivity index is 1.76. The number of rotatable bonds is 5. The Bertz CT molecular complexity index is 1250. The first-order valence-electron chi connectivity index (χ1n) is 9.09. The van der Waals surface area contributed by atoms with Crippen molar-refractivity contribution in [2.24, 2.45) is 0 Å². The maximum atomic E-state index is 13.0. The summed E-state index contributed by atoms with van der Waals surface area (Å²) in [6.07, 6.45) is 2.95. The van der Waals surface area contributed by atoms with E-state index in [1.807, 2.05) is 37.3 Å². The second-order valence-electron chi connectivity index (χ2n) is 6.75. The number of aromatic nitrogens is 3. The number of fused-ring (bicyclic) bond motifs is 1. The van der Waals surface area contributed by atoms with Crippen molar-refractivity contribution in [3.8, 4) is 0 Å². The van der Waals surface area contributed by atoms with E-state index in [1.165, 1.54) is 12.4 Å². The monoisotopic (exact) mass is 438 g/mol. The van der Waals surface area contributed by atoms with Crippen LogP contribution in [0.4, 0.5) is 5.95 Å². The molecular formula is C22H16Cl2N4O2. The lowest BCUT2D eigenvalue weighted by molar-refractivity contribution is -0.112. The highest BCUT2D eigenvalue weighted by Gasteiger charge is 2.27. The van der Waals surface area contributed by atoms with Crippen molar-refractivity contribution < 1.29 is 9.59 Å². The number of hydrogen-bond acceptors (Lipinski definition) is 4. The number of amides is 1. The number of carbonyl (C=O) groups excluding carboxylic acids is 2. The summed E-state index contributed by atoms with van der Waals surface area (Å²) in [4.78, 5) is 33.4. The quantitative estimate of drug-likeness (QED) is 0.354. The maximum absolute atomic E-state index is 13.0. The zero-order chi connectivity index (χ0) is 21.3.